The Hall–Kier alpha value is -1.82. The first-order valence-corrected chi connectivity index (χ1v) is 7.08. The lowest BCUT2D eigenvalue weighted by atomic mass is 9.96. The average molecular weight is 311 g/mol. The highest BCUT2D eigenvalue weighted by Gasteiger charge is 2.43. The van der Waals surface area contributed by atoms with Crippen LogP contribution in [0.2, 0.25) is 5.15 Å². The van der Waals surface area contributed by atoms with Gasteiger partial charge >= 0.3 is 0 Å². The maximum absolute atomic E-state index is 12.7. The Morgan fingerprint density at radius 2 is 2.05 bits per heavy atom. The van der Waals surface area contributed by atoms with Gasteiger partial charge in [-0.15, -0.1) is 0 Å². The van der Waals surface area contributed by atoms with E-state index in [1.54, 1.807) is 43.8 Å². The molecule has 1 saturated heterocycles. The summed E-state index contributed by atoms with van der Waals surface area (Å²) in [6.07, 6.45) is 0. The van der Waals surface area contributed by atoms with Crippen LogP contribution in [0.1, 0.15) is 24.2 Å². The number of halogens is 1. The second kappa shape index (κ2) is 5.52. The van der Waals surface area contributed by atoms with Gasteiger partial charge in [-0.05, 0) is 26.0 Å². The van der Waals surface area contributed by atoms with E-state index in [0.29, 0.717) is 24.5 Å². The van der Waals surface area contributed by atoms with E-state index in [1.807, 2.05) is 0 Å². The van der Waals surface area contributed by atoms with Gasteiger partial charge in [-0.2, -0.15) is 0 Å². The van der Waals surface area contributed by atoms with E-state index < -0.39 is 5.54 Å². The highest BCUT2D eigenvalue weighted by atomic mass is 35.5. The first-order valence-electron chi connectivity index (χ1n) is 6.70. The molecule has 2 rings (SSSR count). The SMILES string of the molecule is CNc1cc(C(=O)N2CCN(C)C(=O)C2(C)C)cc(Cl)n1. The smallest absolute Gasteiger partial charge is 0.255 e. The molecule has 1 aromatic heterocycles. The number of piperazine rings is 1. The first-order chi connectivity index (χ1) is 9.77. The lowest BCUT2D eigenvalue weighted by Gasteiger charge is -2.44. The molecule has 0 atom stereocenters. The number of hydrogen-bond donors (Lipinski definition) is 1. The summed E-state index contributed by atoms with van der Waals surface area (Å²) in [6, 6.07) is 3.15. The molecule has 2 amide bonds. The van der Waals surface area contributed by atoms with Crippen molar-refractivity contribution in [2.75, 3.05) is 32.5 Å². The molecule has 2 heterocycles. The third-order valence-electron chi connectivity index (χ3n) is 3.75. The molecule has 1 N–H and O–H groups in total. The van der Waals surface area contributed by atoms with Crippen LogP contribution in [0.25, 0.3) is 0 Å². The molecule has 7 heteroatoms. The monoisotopic (exact) mass is 310 g/mol. The molecule has 6 nitrogen and oxygen atoms in total. The zero-order chi connectivity index (χ0) is 15.8. The number of carbonyl (C=O) groups is 2. The number of nitrogens with zero attached hydrogens (tertiary/aromatic N) is 3. The number of likely N-dealkylation sites (N-methyl/N-ethyl adjacent to an activating group) is 1. The van der Waals surface area contributed by atoms with Crippen molar-refractivity contribution >= 4 is 29.2 Å². The number of anilines is 1. The van der Waals surface area contributed by atoms with Crippen LogP contribution in [0.3, 0.4) is 0 Å². The zero-order valence-electron chi connectivity index (χ0n) is 12.6. The van der Waals surface area contributed by atoms with Gasteiger partial charge in [0, 0.05) is 32.7 Å². The van der Waals surface area contributed by atoms with E-state index >= 15 is 0 Å². The van der Waals surface area contributed by atoms with E-state index in [1.165, 1.54) is 6.07 Å². The van der Waals surface area contributed by atoms with Crippen molar-refractivity contribution in [2.45, 2.75) is 19.4 Å². The molecule has 1 aliphatic heterocycles. The van der Waals surface area contributed by atoms with Crippen molar-refractivity contribution in [1.82, 2.24) is 14.8 Å². The van der Waals surface area contributed by atoms with Gasteiger partial charge in [0.15, 0.2) is 0 Å². The van der Waals surface area contributed by atoms with Crippen LogP contribution >= 0.6 is 11.6 Å². The third kappa shape index (κ3) is 2.81. The summed E-state index contributed by atoms with van der Waals surface area (Å²) in [7, 11) is 3.45. The van der Waals surface area contributed by atoms with E-state index in [0.717, 1.165) is 0 Å². The minimum atomic E-state index is -0.875. The Morgan fingerprint density at radius 1 is 1.38 bits per heavy atom. The standard InChI is InChI=1S/C14H19ClN4O2/c1-14(2)13(21)18(4)5-6-19(14)12(20)9-7-10(15)17-11(8-9)16-3/h7-8H,5-6H2,1-4H3,(H,16,17). The molecule has 0 unspecified atom stereocenters. The molecule has 1 fully saturated rings. The van der Waals surface area contributed by atoms with E-state index in [2.05, 4.69) is 10.3 Å². The Labute approximate surface area is 129 Å². The number of rotatable bonds is 2. The van der Waals surface area contributed by atoms with Crippen molar-refractivity contribution in [3.63, 3.8) is 0 Å². The van der Waals surface area contributed by atoms with Crippen molar-refractivity contribution in [3.05, 3.63) is 22.8 Å². The lowest BCUT2D eigenvalue weighted by Crippen LogP contribution is -2.63. The molecule has 0 spiro atoms. The summed E-state index contributed by atoms with van der Waals surface area (Å²) in [5, 5.41) is 3.10. The van der Waals surface area contributed by atoms with Crippen LogP contribution in [0.4, 0.5) is 5.82 Å². The fourth-order valence-corrected chi connectivity index (χ4v) is 2.68. The summed E-state index contributed by atoms with van der Waals surface area (Å²) in [6.45, 7) is 4.52. The number of carbonyl (C=O) groups excluding carboxylic acids is 2. The molecular formula is C14H19ClN4O2. The molecule has 114 valence electrons. The minimum absolute atomic E-state index is 0.0731. The zero-order valence-corrected chi connectivity index (χ0v) is 13.4. The predicted octanol–water partition coefficient (Wildman–Crippen LogP) is 1.47. The first kappa shape index (κ1) is 15.6. The molecule has 1 aromatic rings. The van der Waals surface area contributed by atoms with Gasteiger partial charge in [0.05, 0.1) is 0 Å². The van der Waals surface area contributed by atoms with Crippen molar-refractivity contribution in [1.29, 1.82) is 0 Å². The molecule has 0 aliphatic carbocycles. The van der Waals surface area contributed by atoms with Gasteiger partial charge in [0.2, 0.25) is 5.91 Å². The Kier molecular flexibility index (Phi) is 4.09. The number of pyridine rings is 1. The fourth-order valence-electron chi connectivity index (χ4n) is 2.47. The summed E-state index contributed by atoms with van der Waals surface area (Å²) in [5.41, 5.74) is -0.454. The molecule has 0 aromatic carbocycles. The Bertz CT molecular complexity index is 588. The Balaban J connectivity index is 2.35. The molecule has 0 bridgehead atoms. The topological polar surface area (TPSA) is 65.5 Å². The van der Waals surface area contributed by atoms with Crippen molar-refractivity contribution in [3.8, 4) is 0 Å². The van der Waals surface area contributed by atoms with Gasteiger partial charge in [-0.25, -0.2) is 4.98 Å². The summed E-state index contributed by atoms with van der Waals surface area (Å²) >= 11 is 5.94. The summed E-state index contributed by atoms with van der Waals surface area (Å²) in [4.78, 5) is 32.3. The summed E-state index contributed by atoms with van der Waals surface area (Å²) in [5.74, 6) is 0.224. The van der Waals surface area contributed by atoms with Crippen LogP contribution in [0.5, 0.6) is 0 Å². The largest absolute Gasteiger partial charge is 0.373 e. The number of aromatic nitrogens is 1. The highest BCUT2D eigenvalue weighted by Crippen LogP contribution is 2.25. The predicted molar refractivity (Wildman–Crippen MR) is 81.5 cm³/mol. The van der Waals surface area contributed by atoms with Crippen LogP contribution in [0.15, 0.2) is 12.1 Å². The maximum atomic E-state index is 12.7. The molecule has 0 saturated carbocycles. The Morgan fingerprint density at radius 3 is 2.67 bits per heavy atom. The number of nitrogens with one attached hydrogen (secondary N) is 1. The van der Waals surface area contributed by atoms with Gasteiger partial charge in [-0.3, -0.25) is 9.59 Å². The van der Waals surface area contributed by atoms with E-state index in [-0.39, 0.29) is 17.0 Å². The van der Waals surface area contributed by atoms with Gasteiger partial charge < -0.3 is 15.1 Å². The number of hydrogen-bond acceptors (Lipinski definition) is 4. The fraction of sp³-hybridized carbons (Fsp3) is 0.500. The quantitative estimate of drug-likeness (QED) is 0.840. The average Bonchev–Trinajstić information content (AvgIpc) is 2.43. The molecule has 0 radical (unpaired) electrons. The second-order valence-electron chi connectivity index (χ2n) is 5.56. The van der Waals surface area contributed by atoms with Gasteiger partial charge in [0.1, 0.15) is 16.5 Å². The normalized spacial score (nSPS) is 17.9. The van der Waals surface area contributed by atoms with Crippen LogP contribution < -0.4 is 5.32 Å². The van der Waals surface area contributed by atoms with E-state index in [9.17, 15) is 9.59 Å². The second-order valence-corrected chi connectivity index (χ2v) is 5.94. The van der Waals surface area contributed by atoms with Crippen LogP contribution in [-0.4, -0.2) is 59.3 Å². The lowest BCUT2D eigenvalue weighted by molar-refractivity contribution is -0.144. The van der Waals surface area contributed by atoms with Crippen LogP contribution in [-0.2, 0) is 4.79 Å². The van der Waals surface area contributed by atoms with Crippen LogP contribution in [0, 0.1) is 0 Å². The van der Waals surface area contributed by atoms with Crippen molar-refractivity contribution in [2.24, 2.45) is 0 Å². The van der Waals surface area contributed by atoms with Gasteiger partial charge in [0.25, 0.3) is 5.91 Å². The highest BCUT2D eigenvalue weighted by molar-refractivity contribution is 6.30. The minimum Gasteiger partial charge on any atom is -0.373 e. The van der Waals surface area contributed by atoms with E-state index in [4.69, 9.17) is 11.6 Å². The summed E-state index contributed by atoms with van der Waals surface area (Å²) < 4.78 is 0. The molecule has 1 aliphatic rings. The molecular weight excluding hydrogens is 292 g/mol. The molecule has 21 heavy (non-hydrogen) atoms. The number of amides is 2. The maximum Gasteiger partial charge on any atom is 0.255 e. The van der Waals surface area contributed by atoms with Gasteiger partial charge in [-0.1, -0.05) is 11.6 Å². The van der Waals surface area contributed by atoms with Crippen molar-refractivity contribution < 1.29 is 9.59 Å². The third-order valence-corrected chi connectivity index (χ3v) is 3.94.